The number of fused-ring (bicyclic) bond motifs is 1. The zero-order chi connectivity index (χ0) is 32.4. The monoisotopic (exact) mass is 638 g/mol. The van der Waals surface area contributed by atoms with E-state index in [1.807, 2.05) is 12.1 Å². The highest BCUT2D eigenvalue weighted by atomic mass is 32.2. The standard InChI is InChI=1S/C36H37F3O5S/c1-2-3-4-5-6-7-8-11-24-12-9-13-25(20-24)16-19-33(34(41)26-14-10-15-27(21-26)36(37,38)39)45-28-17-18-29-30(40)23-32(35(42)43)44-31(29)22-28/h9-10,12-15,17-23,34,41H,2-8,11,16H2,1H3,(H,42,43)/t34-/m0/s1. The number of carbonyl (C=O) groups is 1. The van der Waals surface area contributed by atoms with Gasteiger partial charge in [-0.05, 0) is 66.3 Å². The fourth-order valence-corrected chi connectivity index (χ4v) is 6.10. The van der Waals surface area contributed by atoms with Crippen molar-refractivity contribution in [3.8, 4) is 0 Å². The minimum absolute atomic E-state index is 0.0517. The summed E-state index contributed by atoms with van der Waals surface area (Å²) in [5.74, 6) is -1.90. The van der Waals surface area contributed by atoms with Gasteiger partial charge in [-0.1, -0.05) is 99.7 Å². The number of carboxylic acid groups (broad SMARTS) is 1. The Hall–Kier alpha value is -3.82. The topological polar surface area (TPSA) is 87.7 Å². The van der Waals surface area contributed by atoms with Gasteiger partial charge in [0, 0.05) is 15.9 Å². The first kappa shape index (κ1) is 34.1. The van der Waals surface area contributed by atoms with E-state index >= 15 is 0 Å². The Bertz CT molecular complexity index is 1690. The van der Waals surface area contributed by atoms with E-state index in [9.17, 15) is 33.0 Å². The molecule has 5 nitrogen and oxygen atoms in total. The van der Waals surface area contributed by atoms with Crippen LogP contribution in [0.2, 0.25) is 0 Å². The molecule has 0 radical (unpaired) electrons. The Labute approximate surface area is 264 Å². The molecular weight excluding hydrogens is 601 g/mol. The summed E-state index contributed by atoms with van der Waals surface area (Å²) in [6.07, 6.45) is 5.78. The van der Waals surface area contributed by atoms with Gasteiger partial charge in [-0.3, -0.25) is 4.79 Å². The molecule has 0 aliphatic carbocycles. The zero-order valence-corrected chi connectivity index (χ0v) is 25.9. The van der Waals surface area contributed by atoms with Crippen LogP contribution in [-0.4, -0.2) is 16.2 Å². The first-order valence-corrected chi connectivity index (χ1v) is 16.0. The smallest absolute Gasteiger partial charge is 0.416 e. The molecule has 4 aromatic rings. The van der Waals surface area contributed by atoms with Crippen LogP contribution in [0, 0.1) is 0 Å². The van der Waals surface area contributed by atoms with Crippen molar-refractivity contribution in [1.82, 2.24) is 0 Å². The van der Waals surface area contributed by atoms with Gasteiger partial charge in [0.15, 0.2) is 5.43 Å². The molecule has 0 saturated carbocycles. The molecule has 0 aliphatic rings. The van der Waals surface area contributed by atoms with E-state index in [0.717, 1.165) is 48.4 Å². The molecule has 4 rings (SSSR count). The van der Waals surface area contributed by atoms with Crippen molar-refractivity contribution in [2.75, 3.05) is 0 Å². The molecule has 0 spiro atoms. The lowest BCUT2D eigenvalue weighted by atomic mass is 10.0. The molecule has 3 aromatic carbocycles. The van der Waals surface area contributed by atoms with Gasteiger partial charge in [-0.25, -0.2) is 4.79 Å². The molecule has 2 N–H and O–H groups in total. The van der Waals surface area contributed by atoms with Crippen LogP contribution in [0.15, 0.2) is 97.9 Å². The fraction of sp³-hybridized carbons (Fsp3) is 0.333. The maximum Gasteiger partial charge on any atom is 0.416 e. The van der Waals surface area contributed by atoms with Gasteiger partial charge < -0.3 is 14.6 Å². The van der Waals surface area contributed by atoms with Crippen LogP contribution in [0.25, 0.3) is 11.0 Å². The highest BCUT2D eigenvalue weighted by molar-refractivity contribution is 8.03. The van der Waals surface area contributed by atoms with E-state index < -0.39 is 35.0 Å². The van der Waals surface area contributed by atoms with Crippen LogP contribution >= 0.6 is 11.8 Å². The molecule has 238 valence electrons. The number of aliphatic hydroxyl groups excluding tert-OH is 1. The molecule has 45 heavy (non-hydrogen) atoms. The van der Waals surface area contributed by atoms with E-state index in [1.165, 1.54) is 68.4 Å². The zero-order valence-electron chi connectivity index (χ0n) is 25.1. The predicted octanol–water partition coefficient (Wildman–Crippen LogP) is 9.76. The summed E-state index contributed by atoms with van der Waals surface area (Å²) in [5, 5.41) is 20.8. The number of benzene rings is 3. The van der Waals surface area contributed by atoms with Gasteiger partial charge >= 0.3 is 12.1 Å². The molecule has 9 heteroatoms. The molecule has 0 aliphatic heterocycles. The van der Waals surface area contributed by atoms with E-state index in [1.54, 1.807) is 12.1 Å². The van der Waals surface area contributed by atoms with Crippen LogP contribution in [0.4, 0.5) is 13.2 Å². The van der Waals surface area contributed by atoms with Gasteiger partial charge in [-0.2, -0.15) is 13.2 Å². The number of hydrogen-bond donors (Lipinski definition) is 2. The van der Waals surface area contributed by atoms with Gasteiger partial charge in [0.2, 0.25) is 5.76 Å². The maximum absolute atomic E-state index is 13.5. The van der Waals surface area contributed by atoms with Gasteiger partial charge in [0.05, 0.1) is 10.9 Å². The highest BCUT2D eigenvalue weighted by Crippen LogP contribution is 2.39. The van der Waals surface area contributed by atoms with Crippen molar-refractivity contribution in [2.24, 2.45) is 0 Å². The number of hydrogen-bond acceptors (Lipinski definition) is 5. The van der Waals surface area contributed by atoms with Crippen LogP contribution < -0.4 is 5.43 Å². The first-order valence-electron chi connectivity index (χ1n) is 15.2. The summed E-state index contributed by atoms with van der Waals surface area (Å²) in [4.78, 5) is 24.7. The van der Waals surface area contributed by atoms with Gasteiger partial charge in [0.1, 0.15) is 11.7 Å². The van der Waals surface area contributed by atoms with Gasteiger partial charge in [-0.15, -0.1) is 0 Å². The number of unbranched alkanes of at least 4 members (excludes halogenated alkanes) is 6. The van der Waals surface area contributed by atoms with E-state index in [2.05, 4.69) is 19.1 Å². The van der Waals surface area contributed by atoms with Crippen LogP contribution in [-0.2, 0) is 19.0 Å². The fourth-order valence-electron chi connectivity index (χ4n) is 5.12. The third-order valence-corrected chi connectivity index (χ3v) is 8.66. The van der Waals surface area contributed by atoms with Crippen molar-refractivity contribution in [3.63, 3.8) is 0 Å². The number of aryl methyl sites for hydroxylation is 1. The summed E-state index contributed by atoms with van der Waals surface area (Å²) in [5.41, 5.74) is 0.963. The normalized spacial score (nSPS) is 12.9. The van der Waals surface area contributed by atoms with Crippen LogP contribution in [0.3, 0.4) is 0 Å². The quantitative estimate of drug-likeness (QED) is 0.0996. The maximum atomic E-state index is 13.5. The third kappa shape index (κ3) is 9.83. The molecule has 0 amide bonds. The lowest BCUT2D eigenvalue weighted by Crippen LogP contribution is -2.07. The van der Waals surface area contributed by atoms with Crippen LogP contribution in [0.5, 0.6) is 0 Å². The number of carboxylic acids is 1. The second-order valence-electron chi connectivity index (χ2n) is 11.1. The Kier molecular flexibility index (Phi) is 12.1. The highest BCUT2D eigenvalue weighted by Gasteiger charge is 2.31. The number of thioether (sulfide) groups is 1. The van der Waals surface area contributed by atoms with Crippen molar-refractivity contribution in [1.29, 1.82) is 0 Å². The van der Waals surface area contributed by atoms with Crippen molar-refractivity contribution < 1.29 is 32.6 Å². The summed E-state index contributed by atoms with van der Waals surface area (Å²) in [6, 6.07) is 18.3. The molecule has 1 atom stereocenters. The largest absolute Gasteiger partial charge is 0.475 e. The summed E-state index contributed by atoms with van der Waals surface area (Å²) in [7, 11) is 0. The number of aromatic carboxylic acids is 1. The van der Waals surface area contributed by atoms with Crippen LogP contribution in [0.1, 0.15) is 90.8 Å². The SMILES string of the molecule is CCCCCCCCCc1cccc(CC=C(Sc2ccc3c(=O)cc(C(=O)O)oc3c2)[C@@H](O)c2cccc(C(F)(F)F)c2)c1. The third-order valence-electron chi connectivity index (χ3n) is 7.55. The average Bonchev–Trinajstić information content (AvgIpc) is 3.02. The molecule has 0 saturated heterocycles. The Balaban J connectivity index is 1.59. The van der Waals surface area contributed by atoms with Crippen molar-refractivity contribution in [3.05, 3.63) is 122 Å². The first-order chi connectivity index (χ1) is 21.5. The number of aliphatic hydroxyl groups is 1. The molecule has 0 unspecified atom stereocenters. The lowest BCUT2D eigenvalue weighted by molar-refractivity contribution is -0.137. The Morgan fingerprint density at radius 3 is 2.36 bits per heavy atom. The lowest BCUT2D eigenvalue weighted by Gasteiger charge is -2.17. The second kappa shape index (κ2) is 16.0. The summed E-state index contributed by atoms with van der Waals surface area (Å²) < 4.78 is 45.8. The Morgan fingerprint density at radius 1 is 0.911 bits per heavy atom. The molecule has 1 heterocycles. The number of allylic oxidation sites excluding steroid dienone is 1. The molecular formula is C36H37F3O5S. The van der Waals surface area contributed by atoms with E-state index in [-0.39, 0.29) is 16.5 Å². The average molecular weight is 639 g/mol. The summed E-state index contributed by atoms with van der Waals surface area (Å²) in [6.45, 7) is 2.21. The second-order valence-corrected chi connectivity index (χ2v) is 12.2. The summed E-state index contributed by atoms with van der Waals surface area (Å²) >= 11 is 1.11. The van der Waals surface area contributed by atoms with E-state index in [0.29, 0.717) is 16.2 Å². The number of halogens is 3. The van der Waals surface area contributed by atoms with E-state index in [4.69, 9.17) is 4.42 Å². The number of rotatable bonds is 15. The van der Waals surface area contributed by atoms with Gasteiger partial charge in [0.25, 0.3) is 0 Å². The molecule has 1 aromatic heterocycles. The molecule has 0 bridgehead atoms. The molecule has 0 fully saturated rings. The van der Waals surface area contributed by atoms with Crippen molar-refractivity contribution >= 4 is 28.7 Å². The minimum Gasteiger partial charge on any atom is -0.475 e. The van der Waals surface area contributed by atoms with Crippen molar-refractivity contribution in [2.45, 2.75) is 81.9 Å². The number of alkyl halides is 3. The Morgan fingerprint density at radius 2 is 1.62 bits per heavy atom. The predicted molar refractivity (Wildman–Crippen MR) is 172 cm³/mol. The minimum atomic E-state index is -4.57.